The minimum atomic E-state index is 0.00171. The van der Waals surface area contributed by atoms with Gasteiger partial charge in [-0.3, -0.25) is 4.79 Å². The van der Waals surface area contributed by atoms with Crippen molar-refractivity contribution in [2.45, 2.75) is 46.1 Å². The van der Waals surface area contributed by atoms with Gasteiger partial charge in [-0.15, -0.1) is 0 Å². The predicted octanol–water partition coefficient (Wildman–Crippen LogP) is 3.48. The zero-order chi connectivity index (χ0) is 17.8. The molecule has 1 aliphatic rings. The lowest BCUT2D eigenvalue weighted by Gasteiger charge is -2.22. The van der Waals surface area contributed by atoms with Gasteiger partial charge in [0.25, 0.3) is 0 Å². The lowest BCUT2D eigenvalue weighted by molar-refractivity contribution is -0.123. The quantitative estimate of drug-likeness (QED) is 0.906. The SMILES string of the molecule is Cc1cc(C)n(-c2ccc([C@@H](C)NC(=O)CC3CCOCC3)cc2)n1. The van der Waals surface area contributed by atoms with E-state index in [4.69, 9.17) is 4.74 Å². The highest BCUT2D eigenvalue weighted by Crippen LogP contribution is 2.20. The minimum absolute atomic E-state index is 0.00171. The summed E-state index contributed by atoms with van der Waals surface area (Å²) in [5, 5.41) is 7.62. The first-order valence-electron chi connectivity index (χ1n) is 9.03. The van der Waals surface area contributed by atoms with E-state index in [1.165, 1.54) is 0 Å². The number of carbonyl (C=O) groups excluding carboxylic acids is 1. The molecule has 0 saturated carbocycles. The fraction of sp³-hybridized carbons (Fsp3) is 0.500. The Morgan fingerprint density at radius 3 is 2.56 bits per heavy atom. The Bertz CT molecular complexity index is 715. The number of ether oxygens (including phenoxy) is 1. The number of benzene rings is 1. The molecule has 0 spiro atoms. The second-order valence-corrected chi connectivity index (χ2v) is 6.98. The third-order valence-corrected chi connectivity index (χ3v) is 4.84. The van der Waals surface area contributed by atoms with E-state index in [0.29, 0.717) is 12.3 Å². The third-order valence-electron chi connectivity index (χ3n) is 4.84. The van der Waals surface area contributed by atoms with Crippen molar-refractivity contribution in [2.75, 3.05) is 13.2 Å². The van der Waals surface area contributed by atoms with Crippen molar-refractivity contribution >= 4 is 5.91 Å². The van der Waals surface area contributed by atoms with Crippen molar-refractivity contribution in [1.82, 2.24) is 15.1 Å². The molecule has 1 saturated heterocycles. The molecule has 134 valence electrons. The molecule has 3 rings (SSSR count). The highest BCUT2D eigenvalue weighted by Gasteiger charge is 2.18. The van der Waals surface area contributed by atoms with Crippen LogP contribution in [0.1, 0.15) is 49.2 Å². The van der Waals surface area contributed by atoms with Crippen molar-refractivity contribution in [3.05, 3.63) is 47.3 Å². The second-order valence-electron chi connectivity index (χ2n) is 6.98. The third kappa shape index (κ3) is 4.48. The van der Waals surface area contributed by atoms with Crippen LogP contribution in [-0.2, 0) is 9.53 Å². The Morgan fingerprint density at radius 2 is 1.96 bits per heavy atom. The molecule has 2 heterocycles. The summed E-state index contributed by atoms with van der Waals surface area (Å²) in [7, 11) is 0. The fourth-order valence-corrected chi connectivity index (χ4v) is 3.39. The summed E-state index contributed by atoms with van der Waals surface area (Å²) in [4.78, 5) is 12.3. The van der Waals surface area contributed by atoms with E-state index in [0.717, 1.165) is 48.7 Å². The zero-order valence-corrected chi connectivity index (χ0v) is 15.3. The van der Waals surface area contributed by atoms with Crippen molar-refractivity contribution in [3.8, 4) is 5.69 Å². The van der Waals surface area contributed by atoms with Crippen LogP contribution < -0.4 is 5.32 Å². The van der Waals surface area contributed by atoms with Gasteiger partial charge in [0.15, 0.2) is 0 Å². The maximum Gasteiger partial charge on any atom is 0.220 e. The number of aryl methyl sites for hydroxylation is 2. The Labute approximate surface area is 149 Å². The molecule has 1 atom stereocenters. The van der Waals surface area contributed by atoms with Gasteiger partial charge in [0.05, 0.1) is 17.4 Å². The zero-order valence-electron chi connectivity index (χ0n) is 15.3. The van der Waals surface area contributed by atoms with Crippen molar-refractivity contribution in [1.29, 1.82) is 0 Å². The van der Waals surface area contributed by atoms with Crippen LogP contribution in [0.25, 0.3) is 5.69 Å². The van der Waals surface area contributed by atoms with Crippen molar-refractivity contribution < 1.29 is 9.53 Å². The van der Waals surface area contributed by atoms with Crippen LogP contribution in [0, 0.1) is 19.8 Å². The van der Waals surface area contributed by atoms with Gasteiger partial charge >= 0.3 is 0 Å². The fourth-order valence-electron chi connectivity index (χ4n) is 3.39. The number of nitrogens with one attached hydrogen (secondary N) is 1. The van der Waals surface area contributed by atoms with Gasteiger partial charge in [0.2, 0.25) is 5.91 Å². The summed E-state index contributed by atoms with van der Waals surface area (Å²) in [6.45, 7) is 7.63. The van der Waals surface area contributed by atoms with E-state index in [-0.39, 0.29) is 11.9 Å². The van der Waals surface area contributed by atoms with Crippen LogP contribution in [0.5, 0.6) is 0 Å². The Morgan fingerprint density at radius 1 is 1.28 bits per heavy atom. The summed E-state index contributed by atoms with van der Waals surface area (Å²) in [6.07, 6.45) is 2.57. The van der Waals surface area contributed by atoms with Gasteiger partial charge < -0.3 is 10.1 Å². The highest BCUT2D eigenvalue weighted by molar-refractivity contribution is 5.76. The molecule has 2 aromatic rings. The molecule has 0 radical (unpaired) electrons. The summed E-state index contributed by atoms with van der Waals surface area (Å²) in [5.74, 6) is 0.580. The van der Waals surface area contributed by atoms with E-state index in [2.05, 4.69) is 40.7 Å². The van der Waals surface area contributed by atoms with Gasteiger partial charge in [-0.25, -0.2) is 4.68 Å². The van der Waals surface area contributed by atoms with Crippen molar-refractivity contribution in [3.63, 3.8) is 0 Å². The molecule has 5 heteroatoms. The maximum atomic E-state index is 12.3. The lowest BCUT2D eigenvalue weighted by Crippen LogP contribution is -2.30. The van der Waals surface area contributed by atoms with Crippen LogP contribution in [0.3, 0.4) is 0 Å². The smallest absolute Gasteiger partial charge is 0.220 e. The standard InChI is InChI=1S/C20H27N3O2/c1-14-12-15(2)23(22-14)19-6-4-18(5-7-19)16(3)21-20(24)13-17-8-10-25-11-9-17/h4-7,12,16-17H,8-11,13H2,1-3H3,(H,21,24)/t16-/m1/s1. The monoisotopic (exact) mass is 341 g/mol. The molecule has 1 aromatic heterocycles. The number of nitrogens with zero attached hydrogens (tertiary/aromatic N) is 2. The predicted molar refractivity (Wildman–Crippen MR) is 97.8 cm³/mol. The Balaban J connectivity index is 1.59. The average Bonchev–Trinajstić information content (AvgIpc) is 2.94. The largest absolute Gasteiger partial charge is 0.381 e. The highest BCUT2D eigenvalue weighted by atomic mass is 16.5. The number of rotatable bonds is 5. The van der Waals surface area contributed by atoms with Gasteiger partial charge in [-0.1, -0.05) is 12.1 Å². The lowest BCUT2D eigenvalue weighted by atomic mass is 9.96. The minimum Gasteiger partial charge on any atom is -0.381 e. The van der Waals surface area contributed by atoms with Crippen LogP contribution in [0.2, 0.25) is 0 Å². The molecular weight excluding hydrogens is 314 g/mol. The van der Waals surface area contributed by atoms with E-state index < -0.39 is 0 Å². The normalized spacial score (nSPS) is 16.6. The molecule has 5 nitrogen and oxygen atoms in total. The topological polar surface area (TPSA) is 56.2 Å². The van der Waals surface area contributed by atoms with E-state index in [1.807, 2.05) is 25.5 Å². The van der Waals surface area contributed by atoms with Crippen molar-refractivity contribution in [2.24, 2.45) is 5.92 Å². The van der Waals surface area contributed by atoms with Gasteiger partial charge in [0.1, 0.15) is 0 Å². The number of hydrogen-bond acceptors (Lipinski definition) is 3. The molecule has 0 unspecified atom stereocenters. The molecular formula is C20H27N3O2. The Hall–Kier alpha value is -2.14. The molecule has 1 N–H and O–H groups in total. The first kappa shape index (κ1) is 17.7. The molecule has 0 bridgehead atoms. The molecule has 25 heavy (non-hydrogen) atoms. The second kappa shape index (κ2) is 7.83. The van der Waals surface area contributed by atoms with Gasteiger partial charge in [0, 0.05) is 25.3 Å². The first-order chi connectivity index (χ1) is 12.0. The molecule has 1 aromatic carbocycles. The summed E-state index contributed by atoms with van der Waals surface area (Å²) < 4.78 is 7.29. The van der Waals surface area contributed by atoms with Crippen LogP contribution >= 0.6 is 0 Å². The van der Waals surface area contributed by atoms with Gasteiger partial charge in [-0.2, -0.15) is 5.10 Å². The summed E-state index contributed by atoms with van der Waals surface area (Å²) >= 11 is 0. The van der Waals surface area contributed by atoms with Crippen LogP contribution in [0.15, 0.2) is 30.3 Å². The molecule has 1 aliphatic heterocycles. The molecule has 0 aliphatic carbocycles. The number of carbonyl (C=O) groups is 1. The first-order valence-corrected chi connectivity index (χ1v) is 9.03. The van der Waals surface area contributed by atoms with E-state index in [9.17, 15) is 4.79 Å². The number of aromatic nitrogens is 2. The van der Waals surface area contributed by atoms with Gasteiger partial charge in [-0.05, 0) is 63.3 Å². The molecule has 1 fully saturated rings. The van der Waals surface area contributed by atoms with E-state index in [1.54, 1.807) is 0 Å². The summed E-state index contributed by atoms with van der Waals surface area (Å²) in [6, 6.07) is 10.3. The molecule has 1 amide bonds. The van der Waals surface area contributed by atoms with Crippen LogP contribution in [-0.4, -0.2) is 28.9 Å². The van der Waals surface area contributed by atoms with Crippen LogP contribution in [0.4, 0.5) is 0 Å². The average molecular weight is 341 g/mol. The summed E-state index contributed by atoms with van der Waals surface area (Å²) in [5.41, 5.74) is 4.26. The Kier molecular flexibility index (Phi) is 5.53. The van der Waals surface area contributed by atoms with E-state index >= 15 is 0 Å². The number of amides is 1. The maximum absolute atomic E-state index is 12.3. The number of hydrogen-bond donors (Lipinski definition) is 1.